The first kappa shape index (κ1) is 27.9. The second-order valence-corrected chi connectivity index (χ2v) is 9.57. The van der Waals surface area contributed by atoms with Crippen LogP contribution in [-0.2, 0) is 22.7 Å². The van der Waals surface area contributed by atoms with Crippen molar-refractivity contribution in [3.05, 3.63) is 83.7 Å². The van der Waals surface area contributed by atoms with Crippen molar-refractivity contribution < 1.29 is 28.2 Å². The average molecular weight is 536 g/mol. The van der Waals surface area contributed by atoms with Gasteiger partial charge in [0.05, 0.1) is 33.2 Å². The molecule has 4 rings (SSSR count). The molecular formula is C30H34FN3O5. The molecule has 2 atom stereocenters. The molecule has 2 amide bonds. The zero-order chi connectivity index (χ0) is 27.8. The van der Waals surface area contributed by atoms with Crippen molar-refractivity contribution in [3.63, 3.8) is 0 Å². The number of likely N-dealkylation sites (tertiary alicyclic amines) is 1. The zero-order valence-corrected chi connectivity index (χ0v) is 22.4. The van der Waals surface area contributed by atoms with E-state index in [1.807, 2.05) is 42.5 Å². The highest BCUT2D eigenvalue weighted by atomic mass is 19.1. The Morgan fingerprint density at radius 2 is 1.46 bits per heavy atom. The largest absolute Gasteiger partial charge is 0.497 e. The predicted octanol–water partition coefficient (Wildman–Crippen LogP) is 4.24. The van der Waals surface area contributed by atoms with Gasteiger partial charge in [0.15, 0.2) is 11.5 Å². The molecule has 206 valence electrons. The zero-order valence-electron chi connectivity index (χ0n) is 22.4. The van der Waals surface area contributed by atoms with E-state index < -0.39 is 5.92 Å². The maximum Gasteiger partial charge on any atom is 0.228 e. The molecule has 3 aromatic rings. The quantitative estimate of drug-likeness (QED) is 0.404. The van der Waals surface area contributed by atoms with E-state index in [2.05, 4.69) is 15.5 Å². The Bertz CT molecular complexity index is 1270. The highest BCUT2D eigenvalue weighted by Crippen LogP contribution is 2.30. The third-order valence-electron chi connectivity index (χ3n) is 6.86. The molecule has 2 N–H and O–H groups in total. The first-order valence-corrected chi connectivity index (χ1v) is 12.8. The molecule has 0 saturated carbocycles. The highest BCUT2D eigenvalue weighted by molar-refractivity contribution is 5.93. The Morgan fingerprint density at radius 3 is 2.10 bits per heavy atom. The van der Waals surface area contributed by atoms with Gasteiger partial charge >= 0.3 is 0 Å². The fraction of sp³-hybridized carbons (Fsp3) is 0.333. The third-order valence-corrected chi connectivity index (χ3v) is 6.86. The molecule has 3 aromatic carbocycles. The molecule has 0 unspecified atom stereocenters. The Kier molecular flexibility index (Phi) is 9.38. The first-order chi connectivity index (χ1) is 18.9. The van der Waals surface area contributed by atoms with Gasteiger partial charge in [-0.15, -0.1) is 0 Å². The molecule has 8 nitrogen and oxygen atoms in total. The van der Waals surface area contributed by atoms with Crippen LogP contribution in [0.1, 0.15) is 17.5 Å². The van der Waals surface area contributed by atoms with Crippen LogP contribution in [0, 0.1) is 17.7 Å². The summed E-state index contributed by atoms with van der Waals surface area (Å²) in [5, 5.41) is 5.90. The van der Waals surface area contributed by atoms with Gasteiger partial charge in [0.25, 0.3) is 0 Å². The third kappa shape index (κ3) is 7.48. The van der Waals surface area contributed by atoms with E-state index in [4.69, 9.17) is 14.2 Å². The SMILES string of the molecule is COc1ccc(CNC(=O)[C@H]2C[C@@H](C(=O)Nc3ccc(F)cc3)CN(Cc3ccc(OC)c(OC)c3)C2)cc1. The molecule has 1 fully saturated rings. The number of amides is 2. The molecule has 1 saturated heterocycles. The van der Waals surface area contributed by atoms with Gasteiger partial charge in [-0.2, -0.15) is 0 Å². The standard InChI is InChI=1S/C30H34FN3O5/c1-37-26-11-4-20(5-12-26)16-32-29(35)22-15-23(30(36)33-25-9-7-24(31)8-10-25)19-34(18-22)17-21-6-13-27(38-2)28(14-21)39-3/h4-14,22-23H,15-19H2,1-3H3,(H,32,35)(H,33,36)/t22-,23+/m0/s1. The number of halogens is 1. The van der Waals surface area contributed by atoms with Gasteiger partial charge in [0.2, 0.25) is 11.8 Å². The van der Waals surface area contributed by atoms with Crippen molar-refractivity contribution in [3.8, 4) is 17.2 Å². The summed E-state index contributed by atoms with van der Waals surface area (Å²) in [6, 6.07) is 18.9. The number of anilines is 1. The molecule has 9 heteroatoms. The predicted molar refractivity (Wildman–Crippen MR) is 146 cm³/mol. The van der Waals surface area contributed by atoms with Crippen LogP contribution in [0.25, 0.3) is 0 Å². The summed E-state index contributed by atoms with van der Waals surface area (Å²) in [7, 11) is 4.78. The number of carbonyl (C=O) groups excluding carboxylic acids is 2. The summed E-state index contributed by atoms with van der Waals surface area (Å²) in [5.41, 5.74) is 2.44. The fourth-order valence-corrected chi connectivity index (χ4v) is 4.79. The monoisotopic (exact) mass is 535 g/mol. The molecule has 0 aromatic heterocycles. The number of hydrogen-bond acceptors (Lipinski definition) is 6. The fourth-order valence-electron chi connectivity index (χ4n) is 4.79. The van der Waals surface area contributed by atoms with Crippen molar-refractivity contribution in [2.75, 3.05) is 39.7 Å². The summed E-state index contributed by atoms with van der Waals surface area (Å²) < 4.78 is 29.3. The van der Waals surface area contributed by atoms with Crippen LogP contribution in [0.4, 0.5) is 10.1 Å². The number of nitrogens with zero attached hydrogens (tertiary/aromatic N) is 1. The van der Waals surface area contributed by atoms with Gasteiger partial charge < -0.3 is 24.8 Å². The summed E-state index contributed by atoms with van der Waals surface area (Å²) in [6.07, 6.45) is 0.407. The topological polar surface area (TPSA) is 89.1 Å². The van der Waals surface area contributed by atoms with Crippen molar-refractivity contribution >= 4 is 17.5 Å². The van der Waals surface area contributed by atoms with Crippen LogP contribution < -0.4 is 24.8 Å². The molecule has 0 bridgehead atoms. The Hall–Kier alpha value is -4.11. The van der Waals surface area contributed by atoms with E-state index in [0.29, 0.717) is 49.8 Å². The van der Waals surface area contributed by atoms with Crippen molar-refractivity contribution in [1.29, 1.82) is 0 Å². The van der Waals surface area contributed by atoms with Crippen LogP contribution >= 0.6 is 0 Å². The number of nitrogens with one attached hydrogen (secondary N) is 2. The Morgan fingerprint density at radius 1 is 0.821 bits per heavy atom. The van der Waals surface area contributed by atoms with Crippen LogP contribution in [-0.4, -0.2) is 51.1 Å². The second kappa shape index (κ2) is 13.1. The summed E-state index contributed by atoms with van der Waals surface area (Å²) >= 11 is 0. The van der Waals surface area contributed by atoms with Gasteiger partial charge in [-0.3, -0.25) is 14.5 Å². The lowest BCUT2D eigenvalue weighted by Crippen LogP contribution is -2.48. The van der Waals surface area contributed by atoms with E-state index in [1.54, 1.807) is 21.3 Å². The number of rotatable bonds is 10. The molecule has 39 heavy (non-hydrogen) atoms. The summed E-state index contributed by atoms with van der Waals surface area (Å²) in [4.78, 5) is 28.6. The normalized spacial score (nSPS) is 17.2. The van der Waals surface area contributed by atoms with E-state index >= 15 is 0 Å². The molecular weight excluding hydrogens is 501 g/mol. The van der Waals surface area contributed by atoms with E-state index in [1.165, 1.54) is 24.3 Å². The molecule has 1 aliphatic heterocycles. The lowest BCUT2D eigenvalue weighted by atomic mass is 9.87. The smallest absolute Gasteiger partial charge is 0.228 e. The van der Waals surface area contributed by atoms with Crippen molar-refractivity contribution in [2.24, 2.45) is 11.8 Å². The van der Waals surface area contributed by atoms with E-state index in [9.17, 15) is 14.0 Å². The van der Waals surface area contributed by atoms with Gasteiger partial charge in [0, 0.05) is 31.9 Å². The minimum atomic E-state index is -0.430. The average Bonchev–Trinajstić information content (AvgIpc) is 2.97. The Labute approximate surface area is 228 Å². The summed E-state index contributed by atoms with van der Waals surface area (Å²) in [5.74, 6) is 0.493. The number of piperidine rings is 1. The van der Waals surface area contributed by atoms with Crippen molar-refractivity contribution in [1.82, 2.24) is 10.2 Å². The lowest BCUT2D eigenvalue weighted by molar-refractivity contribution is -0.130. The number of ether oxygens (including phenoxy) is 3. The molecule has 0 spiro atoms. The number of benzene rings is 3. The number of methoxy groups -OCH3 is 3. The maximum atomic E-state index is 13.3. The van der Waals surface area contributed by atoms with Gasteiger partial charge in [-0.1, -0.05) is 18.2 Å². The van der Waals surface area contributed by atoms with Crippen LogP contribution in [0.2, 0.25) is 0 Å². The van der Waals surface area contributed by atoms with Gasteiger partial charge in [0.1, 0.15) is 11.6 Å². The number of carbonyl (C=O) groups is 2. The first-order valence-electron chi connectivity index (χ1n) is 12.8. The van der Waals surface area contributed by atoms with Crippen molar-refractivity contribution in [2.45, 2.75) is 19.5 Å². The van der Waals surface area contributed by atoms with E-state index in [-0.39, 0.29) is 23.5 Å². The van der Waals surface area contributed by atoms with Gasteiger partial charge in [-0.25, -0.2) is 4.39 Å². The van der Waals surface area contributed by atoms with Crippen LogP contribution in [0.3, 0.4) is 0 Å². The minimum Gasteiger partial charge on any atom is -0.497 e. The maximum absolute atomic E-state index is 13.3. The minimum absolute atomic E-state index is 0.109. The van der Waals surface area contributed by atoms with E-state index in [0.717, 1.165) is 16.9 Å². The molecule has 1 aliphatic rings. The van der Waals surface area contributed by atoms with Crippen LogP contribution in [0.15, 0.2) is 66.7 Å². The lowest BCUT2D eigenvalue weighted by Gasteiger charge is -2.36. The second-order valence-electron chi connectivity index (χ2n) is 9.57. The van der Waals surface area contributed by atoms with Crippen LogP contribution in [0.5, 0.6) is 17.2 Å². The Balaban J connectivity index is 1.47. The summed E-state index contributed by atoms with van der Waals surface area (Å²) in [6.45, 7) is 1.89. The number of hydrogen-bond donors (Lipinski definition) is 2. The highest BCUT2D eigenvalue weighted by Gasteiger charge is 2.35. The molecule has 0 radical (unpaired) electrons. The molecule has 0 aliphatic carbocycles. The molecule has 1 heterocycles. The van der Waals surface area contributed by atoms with Gasteiger partial charge in [-0.05, 0) is 66.1 Å².